The molecule has 0 radical (unpaired) electrons. The molecule has 0 aliphatic rings. The molecule has 0 fully saturated rings. The van der Waals surface area contributed by atoms with E-state index >= 15 is 0 Å². The van der Waals surface area contributed by atoms with Crippen molar-refractivity contribution < 1.29 is 19.8 Å². The van der Waals surface area contributed by atoms with E-state index in [0.717, 1.165) is 25.7 Å². The Hall–Kier alpha value is 0.511. The van der Waals surface area contributed by atoms with Gasteiger partial charge in [-0.3, -0.25) is 9.59 Å². The van der Waals surface area contributed by atoms with Gasteiger partial charge in [0.25, 0.3) is 0 Å². The van der Waals surface area contributed by atoms with Gasteiger partial charge in [0, 0.05) is 0 Å². The number of hydrogen-bond acceptors (Lipinski definition) is 2. The molecular weight excluding hydrogens is 321 g/mol. The van der Waals surface area contributed by atoms with Crippen molar-refractivity contribution in [3.05, 3.63) is 0 Å². The molecule has 0 rings (SSSR count). The Morgan fingerprint density at radius 2 is 1.47 bits per heavy atom. The third-order valence-electron chi connectivity index (χ3n) is 2.19. The molecule has 0 aliphatic heterocycles. The van der Waals surface area contributed by atoms with E-state index in [0.29, 0.717) is 6.42 Å². The third kappa shape index (κ3) is 9.44. The second kappa shape index (κ2) is 11.0. The van der Waals surface area contributed by atoms with E-state index in [1.54, 1.807) is 0 Å². The summed E-state index contributed by atoms with van der Waals surface area (Å²) in [5.41, 5.74) is 0. The van der Waals surface area contributed by atoms with E-state index in [4.69, 9.17) is 10.2 Å². The monoisotopic (exact) mass is 342 g/mol. The summed E-state index contributed by atoms with van der Waals surface area (Å²) < 4.78 is 0. The number of carboxylic acid groups (broad SMARTS) is 2. The summed E-state index contributed by atoms with van der Waals surface area (Å²) in [6.45, 7) is 2.09. The number of rotatable bonds is 8. The summed E-state index contributed by atoms with van der Waals surface area (Å²) in [5.74, 6) is -3.68. The van der Waals surface area contributed by atoms with Gasteiger partial charge in [-0.2, -0.15) is 0 Å². The van der Waals surface area contributed by atoms with Crippen molar-refractivity contribution in [3.8, 4) is 0 Å². The van der Waals surface area contributed by atoms with Crippen LogP contribution < -0.4 is 0 Å². The topological polar surface area (TPSA) is 74.6 Å². The first-order valence-corrected chi connectivity index (χ1v) is 5.05. The molecule has 15 heavy (non-hydrogen) atoms. The maximum atomic E-state index is 10.5. The van der Waals surface area contributed by atoms with Crippen LogP contribution in [0.25, 0.3) is 0 Å². The fraction of sp³-hybridized carbons (Fsp3) is 0.800. The quantitative estimate of drug-likeness (QED) is 0.395. The van der Waals surface area contributed by atoms with Gasteiger partial charge in [-0.25, -0.2) is 0 Å². The van der Waals surface area contributed by atoms with Gasteiger partial charge in [0.2, 0.25) is 0 Å². The summed E-state index contributed by atoms with van der Waals surface area (Å²) >= 11 is 0. The number of carbonyl (C=O) groups is 2. The van der Waals surface area contributed by atoms with Gasteiger partial charge in [0.15, 0.2) is 5.92 Å². The molecule has 0 spiro atoms. The summed E-state index contributed by atoms with van der Waals surface area (Å²) in [5, 5.41) is 17.1. The fourth-order valence-corrected chi connectivity index (χ4v) is 1.30. The minimum atomic E-state index is -1.23. The van der Waals surface area contributed by atoms with Crippen molar-refractivity contribution in [1.82, 2.24) is 0 Å². The summed E-state index contributed by atoms with van der Waals surface area (Å²) in [4.78, 5) is 21.0. The molecule has 0 aliphatic carbocycles. The molecule has 0 aromatic rings. The van der Waals surface area contributed by atoms with E-state index in [-0.39, 0.29) is 55.3 Å². The molecule has 2 N–H and O–H groups in total. The standard InChI is InChI=1S/C10H18O4.Ba.2H/c1-2-3-4-5-6-7-8(9(11)12)10(13)14;;;/h8H,2-7H2,1H3,(H,11,12)(H,13,14);;;. The molecule has 4 nitrogen and oxygen atoms in total. The minimum absolute atomic E-state index is 0. The molecule has 86 valence electrons. The van der Waals surface area contributed by atoms with Crippen LogP contribution in [0.3, 0.4) is 0 Å². The van der Waals surface area contributed by atoms with Crippen LogP contribution >= 0.6 is 0 Å². The first-order chi connectivity index (χ1) is 6.59. The molecular formula is C10H20BaO4. The van der Waals surface area contributed by atoms with Crippen LogP contribution in [-0.2, 0) is 9.59 Å². The van der Waals surface area contributed by atoms with E-state index in [1.807, 2.05) is 0 Å². The van der Waals surface area contributed by atoms with Gasteiger partial charge in [0.05, 0.1) is 0 Å². The van der Waals surface area contributed by atoms with Crippen LogP contribution in [0.1, 0.15) is 45.4 Å². The maximum absolute atomic E-state index is 10.5. The Labute approximate surface area is 131 Å². The van der Waals surface area contributed by atoms with E-state index in [2.05, 4.69) is 6.92 Å². The van der Waals surface area contributed by atoms with Crippen molar-refractivity contribution in [1.29, 1.82) is 0 Å². The molecule has 5 heteroatoms. The molecule has 0 aromatic heterocycles. The van der Waals surface area contributed by atoms with Crippen molar-refractivity contribution in [2.45, 2.75) is 45.4 Å². The van der Waals surface area contributed by atoms with Gasteiger partial charge in [-0.1, -0.05) is 39.0 Å². The van der Waals surface area contributed by atoms with Gasteiger partial charge in [-0.05, 0) is 6.42 Å². The third-order valence-corrected chi connectivity index (χ3v) is 2.19. The molecule has 0 amide bonds. The van der Waals surface area contributed by atoms with Gasteiger partial charge in [-0.15, -0.1) is 0 Å². The van der Waals surface area contributed by atoms with Crippen LogP contribution in [-0.4, -0.2) is 71.0 Å². The number of carboxylic acids is 2. The Balaban J connectivity index is 0. The Kier molecular flexibility index (Phi) is 13.1. The normalized spacial score (nSPS) is 9.73. The van der Waals surface area contributed by atoms with Crippen LogP contribution in [0.15, 0.2) is 0 Å². The molecule has 0 aromatic carbocycles. The van der Waals surface area contributed by atoms with E-state index < -0.39 is 17.9 Å². The second-order valence-electron chi connectivity index (χ2n) is 3.43. The van der Waals surface area contributed by atoms with Crippen LogP contribution in [0.4, 0.5) is 0 Å². The number of unbranched alkanes of at least 4 members (excludes halogenated alkanes) is 4. The van der Waals surface area contributed by atoms with E-state index in [1.165, 1.54) is 0 Å². The van der Waals surface area contributed by atoms with Crippen molar-refractivity contribution in [3.63, 3.8) is 0 Å². The van der Waals surface area contributed by atoms with Gasteiger partial charge < -0.3 is 10.2 Å². The zero-order chi connectivity index (χ0) is 11.0. The predicted octanol–water partition coefficient (Wildman–Crippen LogP) is 1.22. The molecule has 0 saturated carbocycles. The second-order valence-corrected chi connectivity index (χ2v) is 3.43. The van der Waals surface area contributed by atoms with Crippen LogP contribution in [0.5, 0.6) is 0 Å². The summed E-state index contributed by atoms with van der Waals surface area (Å²) in [7, 11) is 0. The molecule has 0 unspecified atom stereocenters. The SMILES string of the molecule is CCCCCCCC(C(=O)O)C(=O)O.[BaH2]. The number of aliphatic carboxylic acids is 2. The van der Waals surface area contributed by atoms with E-state index in [9.17, 15) is 9.59 Å². The van der Waals surface area contributed by atoms with Crippen molar-refractivity contribution in [2.24, 2.45) is 5.92 Å². The van der Waals surface area contributed by atoms with Crippen molar-refractivity contribution >= 4 is 60.8 Å². The molecule has 0 saturated heterocycles. The number of hydrogen-bond donors (Lipinski definition) is 2. The Morgan fingerprint density at radius 1 is 1.00 bits per heavy atom. The molecule has 0 heterocycles. The summed E-state index contributed by atoms with van der Waals surface area (Å²) in [6, 6.07) is 0. The van der Waals surface area contributed by atoms with Gasteiger partial charge >= 0.3 is 60.8 Å². The first kappa shape index (κ1) is 17.9. The predicted molar refractivity (Wildman–Crippen MR) is 60.7 cm³/mol. The van der Waals surface area contributed by atoms with Crippen molar-refractivity contribution in [2.75, 3.05) is 0 Å². The molecule has 0 bridgehead atoms. The zero-order valence-electron chi connectivity index (χ0n) is 8.53. The van der Waals surface area contributed by atoms with Crippen LogP contribution in [0.2, 0.25) is 0 Å². The summed E-state index contributed by atoms with van der Waals surface area (Å²) in [6.07, 6.45) is 5.16. The van der Waals surface area contributed by atoms with Gasteiger partial charge in [0.1, 0.15) is 0 Å². The Bertz CT molecular complexity index is 180. The average Bonchev–Trinajstić information content (AvgIpc) is 2.09. The Morgan fingerprint density at radius 3 is 1.87 bits per heavy atom. The van der Waals surface area contributed by atoms with Crippen LogP contribution in [0, 0.1) is 5.92 Å². The molecule has 0 atom stereocenters. The zero-order valence-corrected chi connectivity index (χ0v) is 8.53. The first-order valence-electron chi connectivity index (χ1n) is 5.05. The average molecular weight is 342 g/mol. The fourth-order valence-electron chi connectivity index (χ4n) is 1.30.